The van der Waals surface area contributed by atoms with Gasteiger partial charge >= 0.3 is 0 Å². The van der Waals surface area contributed by atoms with Crippen molar-refractivity contribution in [2.75, 3.05) is 18.9 Å². The lowest BCUT2D eigenvalue weighted by Gasteiger charge is -2.21. The number of aliphatic hydroxyl groups is 1. The highest BCUT2D eigenvalue weighted by Gasteiger charge is 2.33. The van der Waals surface area contributed by atoms with Crippen LogP contribution in [-0.4, -0.2) is 62.5 Å². The first-order valence-electron chi connectivity index (χ1n) is 10.6. The number of hydrogen-bond donors (Lipinski definition) is 2. The molecule has 0 spiro atoms. The minimum Gasteiger partial charge on any atom is -0.494 e. The van der Waals surface area contributed by atoms with Crippen molar-refractivity contribution in [1.82, 2.24) is 29.5 Å². The Balaban J connectivity index is 1.81. The molecule has 0 fully saturated rings. The van der Waals surface area contributed by atoms with Gasteiger partial charge in [-0.1, -0.05) is 6.07 Å². The van der Waals surface area contributed by atoms with E-state index in [0.29, 0.717) is 22.9 Å². The van der Waals surface area contributed by atoms with Gasteiger partial charge in [0.1, 0.15) is 40.1 Å². The SMILES string of the molecule is COc1cccc(OC)c1-n1c(NS(=O)(=O)[C@H](C)[C@@H](O)c2ccc(F)cn2)nnc1-c1ccn(C)n1. The summed E-state index contributed by atoms with van der Waals surface area (Å²) >= 11 is 0. The molecule has 36 heavy (non-hydrogen) atoms. The molecule has 1 aromatic carbocycles. The number of hydrogen-bond acceptors (Lipinski definition) is 9. The van der Waals surface area contributed by atoms with Gasteiger partial charge in [0, 0.05) is 13.2 Å². The van der Waals surface area contributed by atoms with E-state index in [9.17, 15) is 17.9 Å². The van der Waals surface area contributed by atoms with Crippen molar-refractivity contribution in [1.29, 1.82) is 0 Å². The summed E-state index contributed by atoms with van der Waals surface area (Å²) in [7, 11) is 0.377. The Bertz CT molecular complexity index is 1450. The van der Waals surface area contributed by atoms with Crippen LogP contribution in [0.25, 0.3) is 17.2 Å². The Morgan fingerprint density at radius 1 is 1.08 bits per heavy atom. The first-order valence-corrected chi connectivity index (χ1v) is 12.2. The second kappa shape index (κ2) is 9.91. The Labute approximate surface area is 206 Å². The summed E-state index contributed by atoms with van der Waals surface area (Å²) in [4.78, 5) is 3.78. The fourth-order valence-corrected chi connectivity index (χ4v) is 4.56. The number of ether oxygens (including phenoxy) is 2. The van der Waals surface area contributed by atoms with E-state index in [0.717, 1.165) is 12.3 Å². The fraction of sp³-hybridized carbons (Fsp3) is 0.273. The van der Waals surface area contributed by atoms with Crippen LogP contribution in [0.2, 0.25) is 0 Å². The molecule has 4 aromatic rings. The standard InChI is InChI=1S/C22H24FN7O5S/c1-13(20(31)15-9-8-14(23)12-24-15)36(32,33)28-22-26-25-21(16-10-11-29(2)27-16)30(22)19-17(34-3)6-5-7-18(19)35-4/h5-13,20,31H,1-4H3,(H,26,28)/t13-,20-/m1/s1. The van der Waals surface area contributed by atoms with Crippen LogP contribution in [0, 0.1) is 5.82 Å². The van der Waals surface area contributed by atoms with E-state index in [4.69, 9.17) is 9.47 Å². The van der Waals surface area contributed by atoms with E-state index in [1.807, 2.05) is 0 Å². The second-order valence-corrected chi connectivity index (χ2v) is 9.80. The molecule has 4 rings (SSSR count). The molecule has 0 bridgehead atoms. The van der Waals surface area contributed by atoms with Gasteiger partial charge in [-0.05, 0) is 37.3 Å². The fourth-order valence-electron chi connectivity index (χ4n) is 3.51. The molecule has 2 N–H and O–H groups in total. The third-order valence-corrected chi connectivity index (χ3v) is 7.16. The summed E-state index contributed by atoms with van der Waals surface area (Å²) in [5.74, 6) is 0.125. The van der Waals surface area contributed by atoms with Gasteiger partial charge in [0.05, 0.1) is 26.1 Å². The summed E-state index contributed by atoms with van der Waals surface area (Å²) in [6, 6.07) is 9.04. The Hall–Kier alpha value is -4.04. The molecule has 3 aromatic heterocycles. The van der Waals surface area contributed by atoms with Crippen molar-refractivity contribution in [3.8, 4) is 28.7 Å². The molecule has 3 heterocycles. The molecule has 0 aliphatic rings. The average molecular weight is 518 g/mol. The van der Waals surface area contributed by atoms with Crippen molar-refractivity contribution >= 4 is 16.0 Å². The van der Waals surface area contributed by atoms with Crippen LogP contribution in [0.3, 0.4) is 0 Å². The van der Waals surface area contributed by atoms with Gasteiger partial charge in [0.2, 0.25) is 16.0 Å². The number of aliphatic hydroxyl groups excluding tert-OH is 1. The number of anilines is 1. The summed E-state index contributed by atoms with van der Waals surface area (Å²) < 4.78 is 56.2. The molecule has 0 saturated carbocycles. The zero-order valence-corrected chi connectivity index (χ0v) is 20.6. The van der Waals surface area contributed by atoms with Gasteiger partial charge in [-0.3, -0.25) is 19.0 Å². The maximum atomic E-state index is 13.3. The maximum Gasteiger partial charge on any atom is 0.243 e. The van der Waals surface area contributed by atoms with Crippen molar-refractivity contribution in [3.05, 3.63) is 60.3 Å². The van der Waals surface area contributed by atoms with Crippen LogP contribution < -0.4 is 14.2 Å². The summed E-state index contributed by atoms with van der Waals surface area (Å²) in [6.07, 6.45) is 1.05. The van der Waals surface area contributed by atoms with Gasteiger partial charge in [-0.25, -0.2) is 12.8 Å². The lowest BCUT2D eigenvalue weighted by Crippen LogP contribution is -2.32. The quantitative estimate of drug-likeness (QED) is 0.341. The number of sulfonamides is 1. The highest BCUT2D eigenvalue weighted by Crippen LogP contribution is 2.37. The number of halogens is 1. The maximum absolute atomic E-state index is 13.3. The molecular formula is C22H24FN7O5S. The molecule has 0 amide bonds. The number of benzene rings is 1. The molecule has 0 aliphatic heterocycles. The average Bonchev–Trinajstić information content (AvgIpc) is 3.48. The summed E-state index contributed by atoms with van der Waals surface area (Å²) in [6.45, 7) is 1.29. The number of nitrogens with one attached hydrogen (secondary N) is 1. The predicted molar refractivity (Wildman–Crippen MR) is 128 cm³/mol. The molecule has 0 radical (unpaired) electrons. The minimum absolute atomic E-state index is 0.00341. The van der Waals surface area contributed by atoms with Gasteiger partial charge in [-0.15, -0.1) is 10.2 Å². The first-order chi connectivity index (χ1) is 17.2. The van der Waals surface area contributed by atoms with Crippen LogP contribution in [0.1, 0.15) is 18.7 Å². The molecule has 0 saturated heterocycles. The van der Waals surface area contributed by atoms with Crippen molar-refractivity contribution < 1.29 is 27.4 Å². The third kappa shape index (κ3) is 4.72. The van der Waals surface area contributed by atoms with E-state index in [1.165, 1.54) is 31.8 Å². The van der Waals surface area contributed by atoms with Gasteiger partial charge in [0.25, 0.3) is 0 Å². The number of para-hydroxylation sites is 1. The van der Waals surface area contributed by atoms with Gasteiger partial charge in [0.15, 0.2) is 5.82 Å². The predicted octanol–water partition coefficient (Wildman–Crippen LogP) is 2.08. The number of methoxy groups -OCH3 is 2. The monoisotopic (exact) mass is 517 g/mol. The summed E-state index contributed by atoms with van der Waals surface area (Å²) in [5, 5.41) is 21.8. The number of pyridine rings is 1. The molecule has 12 nitrogen and oxygen atoms in total. The van der Waals surface area contributed by atoms with Crippen LogP contribution in [-0.2, 0) is 17.1 Å². The van der Waals surface area contributed by atoms with Gasteiger partial charge in [-0.2, -0.15) is 5.10 Å². The van der Waals surface area contributed by atoms with E-state index >= 15 is 0 Å². The molecule has 2 atom stereocenters. The number of nitrogens with zero attached hydrogens (tertiary/aromatic N) is 6. The smallest absolute Gasteiger partial charge is 0.243 e. The molecular weight excluding hydrogens is 493 g/mol. The highest BCUT2D eigenvalue weighted by atomic mass is 32.2. The van der Waals surface area contributed by atoms with Crippen LogP contribution in [0.4, 0.5) is 10.3 Å². The van der Waals surface area contributed by atoms with E-state index < -0.39 is 27.2 Å². The molecule has 0 aliphatic carbocycles. The van der Waals surface area contributed by atoms with E-state index in [2.05, 4.69) is 25.0 Å². The lowest BCUT2D eigenvalue weighted by molar-refractivity contribution is 0.171. The van der Waals surface area contributed by atoms with E-state index in [-0.39, 0.29) is 17.5 Å². The van der Waals surface area contributed by atoms with E-state index in [1.54, 1.807) is 42.2 Å². The Kier molecular flexibility index (Phi) is 6.90. The highest BCUT2D eigenvalue weighted by molar-refractivity contribution is 7.93. The normalized spacial score (nSPS) is 13.3. The van der Waals surface area contributed by atoms with Crippen molar-refractivity contribution in [2.45, 2.75) is 18.3 Å². The second-order valence-electron chi connectivity index (χ2n) is 7.77. The zero-order chi connectivity index (χ0) is 26.0. The Morgan fingerprint density at radius 2 is 1.78 bits per heavy atom. The van der Waals surface area contributed by atoms with Crippen LogP contribution in [0.5, 0.6) is 11.5 Å². The number of rotatable bonds is 9. The topological polar surface area (TPSA) is 146 Å². The lowest BCUT2D eigenvalue weighted by atomic mass is 10.2. The first kappa shape index (κ1) is 25.1. The number of aryl methyl sites for hydroxylation is 1. The molecule has 0 unspecified atom stereocenters. The molecule has 14 heteroatoms. The van der Waals surface area contributed by atoms with Crippen LogP contribution in [0.15, 0.2) is 48.8 Å². The zero-order valence-electron chi connectivity index (χ0n) is 19.8. The molecule has 190 valence electrons. The largest absolute Gasteiger partial charge is 0.494 e. The number of aromatic nitrogens is 6. The van der Waals surface area contributed by atoms with Crippen molar-refractivity contribution in [2.24, 2.45) is 7.05 Å². The van der Waals surface area contributed by atoms with Crippen LogP contribution >= 0.6 is 0 Å². The van der Waals surface area contributed by atoms with Crippen molar-refractivity contribution in [3.63, 3.8) is 0 Å². The van der Waals surface area contributed by atoms with Gasteiger partial charge < -0.3 is 14.6 Å². The summed E-state index contributed by atoms with van der Waals surface area (Å²) in [5.41, 5.74) is 0.738. The Morgan fingerprint density at radius 3 is 2.33 bits per heavy atom. The minimum atomic E-state index is -4.27. The third-order valence-electron chi connectivity index (χ3n) is 5.45.